The van der Waals surface area contributed by atoms with Gasteiger partial charge in [-0.25, -0.2) is 9.59 Å². The molecule has 3 aromatic carbocycles. The molecule has 3 aromatic rings. The van der Waals surface area contributed by atoms with Gasteiger partial charge in [0.1, 0.15) is 23.1 Å². The van der Waals surface area contributed by atoms with E-state index < -0.39 is 17.9 Å². The Kier molecular flexibility index (Phi) is 8.21. The van der Waals surface area contributed by atoms with Crippen molar-refractivity contribution in [2.45, 2.75) is 32.6 Å². The summed E-state index contributed by atoms with van der Waals surface area (Å²) in [5.74, 6) is -0.841. The van der Waals surface area contributed by atoms with Crippen molar-refractivity contribution in [1.29, 1.82) is 0 Å². The fourth-order valence-electron chi connectivity index (χ4n) is 3.87. The molecule has 8 nitrogen and oxygen atoms in total. The normalized spacial score (nSPS) is 15.4. The SMILES string of the molecule is CCOC(=O)C1Cc2cc(C(=O)c3ccccc3O)c(Cl)c(Cl)c2O1.O=C1NCc2cccc(c2)CO1. The van der Waals surface area contributed by atoms with Crippen molar-refractivity contribution in [2.24, 2.45) is 0 Å². The first-order valence-electron chi connectivity index (χ1n) is 11.4. The Hall–Kier alpha value is -3.75. The second kappa shape index (κ2) is 11.5. The fourth-order valence-corrected chi connectivity index (χ4v) is 4.36. The van der Waals surface area contributed by atoms with Gasteiger partial charge in [-0.2, -0.15) is 0 Å². The summed E-state index contributed by atoms with van der Waals surface area (Å²) in [6, 6.07) is 15.6. The number of nitrogens with one attached hydrogen (secondary N) is 1. The number of alkyl carbamates (subject to hydrolysis) is 1. The average Bonchev–Trinajstić information content (AvgIpc) is 3.33. The van der Waals surface area contributed by atoms with Crippen molar-refractivity contribution in [1.82, 2.24) is 5.32 Å². The van der Waals surface area contributed by atoms with Gasteiger partial charge in [0.25, 0.3) is 0 Å². The molecule has 0 radical (unpaired) electrons. The molecule has 5 rings (SSSR count). The van der Waals surface area contributed by atoms with E-state index in [1.807, 2.05) is 24.3 Å². The van der Waals surface area contributed by atoms with Gasteiger partial charge in [-0.3, -0.25) is 4.79 Å². The van der Waals surface area contributed by atoms with Gasteiger partial charge in [0.05, 0.1) is 17.2 Å². The minimum absolute atomic E-state index is 0.0122. The van der Waals surface area contributed by atoms with Gasteiger partial charge in [0, 0.05) is 24.1 Å². The van der Waals surface area contributed by atoms with Crippen LogP contribution in [0.15, 0.2) is 54.6 Å². The number of rotatable bonds is 4. The first-order valence-corrected chi connectivity index (χ1v) is 12.2. The number of halogens is 2. The van der Waals surface area contributed by atoms with Gasteiger partial charge >= 0.3 is 12.1 Å². The van der Waals surface area contributed by atoms with Crippen molar-refractivity contribution in [3.8, 4) is 11.5 Å². The van der Waals surface area contributed by atoms with Crippen LogP contribution in [0.4, 0.5) is 4.79 Å². The molecule has 1 unspecified atom stereocenters. The summed E-state index contributed by atoms with van der Waals surface area (Å²) in [5, 5.41) is 12.6. The summed E-state index contributed by atoms with van der Waals surface area (Å²) < 4.78 is 15.4. The maximum Gasteiger partial charge on any atom is 0.407 e. The highest BCUT2D eigenvalue weighted by molar-refractivity contribution is 6.45. The molecule has 0 aliphatic carbocycles. The predicted molar refractivity (Wildman–Crippen MR) is 136 cm³/mol. The Labute approximate surface area is 223 Å². The van der Waals surface area contributed by atoms with Crippen molar-refractivity contribution in [3.05, 3.63) is 92.5 Å². The molecule has 0 saturated heterocycles. The van der Waals surface area contributed by atoms with Crippen LogP contribution in [0.2, 0.25) is 10.0 Å². The zero-order chi connectivity index (χ0) is 26.5. The number of benzene rings is 3. The third-order valence-electron chi connectivity index (χ3n) is 5.65. The number of esters is 1. The average molecular weight is 544 g/mol. The lowest BCUT2D eigenvalue weighted by Crippen LogP contribution is -2.27. The molecule has 1 atom stereocenters. The van der Waals surface area contributed by atoms with E-state index in [1.54, 1.807) is 19.1 Å². The number of hydrogen-bond acceptors (Lipinski definition) is 7. The van der Waals surface area contributed by atoms with Crippen LogP contribution in [-0.4, -0.2) is 35.7 Å². The van der Waals surface area contributed by atoms with E-state index in [9.17, 15) is 19.5 Å². The minimum atomic E-state index is -0.820. The number of phenolic OH excluding ortho intramolecular Hbond substituents is 1. The minimum Gasteiger partial charge on any atom is -0.507 e. The highest BCUT2D eigenvalue weighted by atomic mass is 35.5. The summed E-state index contributed by atoms with van der Waals surface area (Å²) in [6.07, 6.45) is -0.938. The number of fused-ring (bicyclic) bond motifs is 3. The van der Waals surface area contributed by atoms with E-state index in [0.717, 1.165) is 11.1 Å². The fraction of sp³-hybridized carbons (Fsp3) is 0.222. The van der Waals surface area contributed by atoms with E-state index in [1.165, 1.54) is 18.2 Å². The molecule has 2 aliphatic heterocycles. The lowest BCUT2D eigenvalue weighted by atomic mass is 9.99. The molecule has 0 spiro atoms. The third-order valence-corrected chi connectivity index (χ3v) is 6.50. The van der Waals surface area contributed by atoms with Gasteiger partial charge in [0.15, 0.2) is 11.9 Å². The van der Waals surface area contributed by atoms with Crippen LogP contribution in [0.1, 0.15) is 39.5 Å². The van der Waals surface area contributed by atoms with E-state index in [2.05, 4.69) is 5.32 Å². The van der Waals surface area contributed by atoms with Crippen LogP contribution < -0.4 is 10.1 Å². The second-order valence-electron chi connectivity index (χ2n) is 8.20. The summed E-state index contributed by atoms with van der Waals surface area (Å²) in [7, 11) is 0. The first kappa shape index (κ1) is 26.3. The number of para-hydroxylation sites is 1. The lowest BCUT2D eigenvalue weighted by Gasteiger charge is -2.12. The Balaban J connectivity index is 0.000000222. The lowest BCUT2D eigenvalue weighted by molar-refractivity contribution is -0.150. The van der Waals surface area contributed by atoms with Crippen LogP contribution in [0.3, 0.4) is 0 Å². The van der Waals surface area contributed by atoms with Crippen molar-refractivity contribution in [2.75, 3.05) is 6.61 Å². The van der Waals surface area contributed by atoms with Crippen LogP contribution >= 0.6 is 23.2 Å². The number of amides is 1. The first-order chi connectivity index (χ1) is 17.8. The number of carbonyl (C=O) groups is 3. The number of phenols is 1. The highest BCUT2D eigenvalue weighted by Crippen LogP contribution is 2.43. The number of carbonyl (C=O) groups excluding carboxylic acids is 3. The molecule has 37 heavy (non-hydrogen) atoms. The maximum absolute atomic E-state index is 12.7. The Morgan fingerprint density at radius 3 is 2.57 bits per heavy atom. The van der Waals surface area contributed by atoms with Gasteiger partial charge in [0.2, 0.25) is 0 Å². The summed E-state index contributed by atoms with van der Waals surface area (Å²) in [4.78, 5) is 35.4. The quantitative estimate of drug-likeness (QED) is 0.342. The zero-order valence-electron chi connectivity index (χ0n) is 19.8. The summed E-state index contributed by atoms with van der Waals surface area (Å²) in [5.41, 5.74) is 3.00. The molecule has 1 amide bonds. The van der Waals surface area contributed by atoms with Crippen LogP contribution in [0.5, 0.6) is 11.5 Å². The zero-order valence-corrected chi connectivity index (χ0v) is 21.3. The van der Waals surface area contributed by atoms with E-state index in [4.69, 9.17) is 37.4 Å². The predicted octanol–water partition coefficient (Wildman–Crippen LogP) is 5.22. The van der Waals surface area contributed by atoms with E-state index >= 15 is 0 Å². The monoisotopic (exact) mass is 543 g/mol. The number of hydrogen-bond donors (Lipinski definition) is 2. The summed E-state index contributed by atoms with van der Waals surface area (Å²) >= 11 is 12.5. The largest absolute Gasteiger partial charge is 0.507 e. The number of cyclic esters (lactones) is 1. The van der Waals surface area contributed by atoms with Crippen LogP contribution in [0.25, 0.3) is 0 Å². The summed E-state index contributed by atoms with van der Waals surface area (Å²) in [6.45, 7) is 2.85. The Bertz CT molecular complexity index is 1330. The van der Waals surface area contributed by atoms with Crippen molar-refractivity contribution >= 4 is 41.0 Å². The molecule has 0 fully saturated rings. The van der Waals surface area contributed by atoms with Crippen molar-refractivity contribution in [3.63, 3.8) is 0 Å². The van der Waals surface area contributed by atoms with E-state index in [-0.39, 0.29) is 51.8 Å². The van der Waals surface area contributed by atoms with Gasteiger partial charge < -0.3 is 24.6 Å². The molecule has 0 aromatic heterocycles. The number of aromatic hydroxyl groups is 1. The standard InChI is InChI=1S/C18H14Cl2O5.C9H9NO2/c1-2-24-18(23)13-8-9-7-11(14(19)15(20)17(9)25-13)16(22)10-5-3-4-6-12(10)21;11-9-10-5-7-2-1-3-8(4-7)6-12-9/h3-7,13,21H,2,8H2,1H3;1-4H,5-6H2,(H,10,11). The molecule has 2 N–H and O–H groups in total. The van der Waals surface area contributed by atoms with E-state index in [0.29, 0.717) is 18.7 Å². The highest BCUT2D eigenvalue weighted by Gasteiger charge is 2.34. The second-order valence-corrected chi connectivity index (χ2v) is 8.95. The maximum atomic E-state index is 12.7. The molecule has 2 heterocycles. The van der Waals surface area contributed by atoms with Crippen molar-refractivity contribution < 1.29 is 33.7 Å². The molecule has 2 aliphatic rings. The van der Waals surface area contributed by atoms with Gasteiger partial charge in [-0.05, 0) is 36.2 Å². The van der Waals surface area contributed by atoms with Crippen LogP contribution in [0, 0.1) is 0 Å². The Morgan fingerprint density at radius 1 is 1.05 bits per heavy atom. The Morgan fingerprint density at radius 2 is 1.81 bits per heavy atom. The van der Waals surface area contributed by atoms with Gasteiger partial charge in [-0.15, -0.1) is 0 Å². The molecule has 2 bridgehead atoms. The van der Waals surface area contributed by atoms with Gasteiger partial charge in [-0.1, -0.05) is 59.6 Å². The number of ketones is 1. The van der Waals surface area contributed by atoms with Crippen LogP contribution in [-0.2, 0) is 33.8 Å². The molecule has 10 heteroatoms. The molecule has 192 valence electrons. The third kappa shape index (κ3) is 5.98. The number of ether oxygens (including phenoxy) is 3. The molecule has 0 saturated carbocycles. The molecular weight excluding hydrogens is 521 g/mol. The smallest absolute Gasteiger partial charge is 0.407 e. The molecular formula is C27H23Cl2NO7. The topological polar surface area (TPSA) is 111 Å².